The number of nitrogens with zero attached hydrogens (tertiary/aromatic N) is 3. The summed E-state index contributed by atoms with van der Waals surface area (Å²) in [6, 6.07) is 63.3. The van der Waals surface area contributed by atoms with Crippen LogP contribution in [-0.4, -0.2) is 15.0 Å². The van der Waals surface area contributed by atoms with Crippen LogP contribution in [0.3, 0.4) is 0 Å². The average molecular weight is 791 g/mol. The molecule has 0 fully saturated rings. The molecule has 0 bridgehead atoms. The predicted molar refractivity (Wildman–Crippen MR) is 188 cm³/mol. The molecule has 228 valence electrons. The van der Waals surface area contributed by atoms with Crippen LogP contribution in [0.25, 0.3) is 44.4 Å². The van der Waals surface area contributed by atoms with E-state index in [0.717, 1.165) is 39.5 Å². The van der Waals surface area contributed by atoms with Crippen LogP contribution in [0.15, 0.2) is 170 Å². The molecule has 0 aliphatic heterocycles. The van der Waals surface area contributed by atoms with Gasteiger partial charge in [-0.05, 0) is 52.0 Å². The standard InChI is InChI=1S/C29H18N2.C15H10N.Ir/c1-2-11-21(12-3-1)26-17-10-19-28(31-26)29(27-18-8-9-20-30-27)24-15-6-4-13-22(24)23-14-5-7-16-25(23)29;1-2-7-13(8-3-1)15-14-9-5-4-6-12(14)10-11-16-15;/h1-11,13-15,17-20H;1-7,9-11H;/q-2;-1;+3/t29-;;/m0../s1. The molecule has 1 atom stereocenters. The summed E-state index contributed by atoms with van der Waals surface area (Å²) in [4.78, 5) is 14.5. The van der Waals surface area contributed by atoms with Crippen LogP contribution < -0.4 is 0 Å². The van der Waals surface area contributed by atoms with E-state index < -0.39 is 5.41 Å². The van der Waals surface area contributed by atoms with Crippen molar-refractivity contribution in [2.45, 2.75) is 5.41 Å². The second kappa shape index (κ2) is 13.7. The summed E-state index contributed by atoms with van der Waals surface area (Å²) >= 11 is 0. The molecule has 0 radical (unpaired) electrons. The molecule has 3 aromatic heterocycles. The van der Waals surface area contributed by atoms with E-state index in [9.17, 15) is 0 Å². The molecular weight excluding hydrogens is 763 g/mol. The smallest absolute Gasteiger partial charge is 0.304 e. The van der Waals surface area contributed by atoms with Crippen molar-refractivity contribution in [2.24, 2.45) is 0 Å². The first-order valence-corrected chi connectivity index (χ1v) is 15.6. The predicted octanol–water partition coefficient (Wildman–Crippen LogP) is 9.81. The Hall–Kier alpha value is -5.54. The van der Waals surface area contributed by atoms with Gasteiger partial charge in [-0.25, -0.2) is 0 Å². The zero-order valence-electron chi connectivity index (χ0n) is 25.8. The normalized spacial score (nSPS) is 14.2. The van der Waals surface area contributed by atoms with Gasteiger partial charge in [-0.2, -0.15) is 24.3 Å². The fraction of sp³-hybridized carbons (Fsp3) is 0.0227. The molecule has 1 aliphatic rings. The van der Waals surface area contributed by atoms with Crippen LogP contribution >= 0.6 is 0 Å². The molecule has 48 heavy (non-hydrogen) atoms. The summed E-state index contributed by atoms with van der Waals surface area (Å²) in [5.74, 6) is 0. The summed E-state index contributed by atoms with van der Waals surface area (Å²) in [5, 5.41) is 2.39. The van der Waals surface area contributed by atoms with E-state index in [1.165, 1.54) is 27.5 Å². The molecule has 0 unspecified atom stereocenters. The Morgan fingerprint density at radius 3 is 2.00 bits per heavy atom. The minimum atomic E-state index is -0.626. The van der Waals surface area contributed by atoms with E-state index >= 15 is 0 Å². The molecule has 8 aromatic rings. The van der Waals surface area contributed by atoms with Gasteiger partial charge in [-0.15, -0.1) is 82.9 Å². The molecule has 0 saturated carbocycles. The summed E-state index contributed by atoms with van der Waals surface area (Å²) in [6.45, 7) is 0. The molecule has 9 rings (SSSR count). The Labute approximate surface area is 294 Å². The van der Waals surface area contributed by atoms with Crippen molar-refractivity contribution < 1.29 is 20.1 Å². The van der Waals surface area contributed by atoms with Crippen molar-refractivity contribution in [1.29, 1.82) is 0 Å². The number of fused-ring (bicyclic) bond motifs is 4. The van der Waals surface area contributed by atoms with Crippen LogP contribution in [0, 0.1) is 18.2 Å². The van der Waals surface area contributed by atoms with E-state index in [0.29, 0.717) is 0 Å². The quantitative estimate of drug-likeness (QED) is 0.167. The SMILES string of the molecule is [Ir+3].[c-]1ccccc1-c1cccc([C@]2(c3ccccn3)c3[c-]cccc3-c3ccccc32)n1.[c-]1ccccc1-c1nccc2ccccc12. The fourth-order valence-electron chi connectivity index (χ4n) is 6.62. The topological polar surface area (TPSA) is 38.7 Å². The Balaban J connectivity index is 0.000000181. The van der Waals surface area contributed by atoms with Crippen LogP contribution in [0.5, 0.6) is 0 Å². The van der Waals surface area contributed by atoms with Gasteiger partial charge in [0.2, 0.25) is 0 Å². The van der Waals surface area contributed by atoms with Crippen molar-refractivity contribution in [3.63, 3.8) is 0 Å². The Morgan fingerprint density at radius 2 is 1.19 bits per heavy atom. The summed E-state index contributed by atoms with van der Waals surface area (Å²) in [5.41, 5.74) is 9.85. The second-order valence-corrected chi connectivity index (χ2v) is 11.3. The summed E-state index contributed by atoms with van der Waals surface area (Å²) in [6.07, 6.45) is 3.70. The van der Waals surface area contributed by atoms with E-state index in [2.05, 4.69) is 83.8 Å². The van der Waals surface area contributed by atoms with Gasteiger partial charge < -0.3 is 4.98 Å². The van der Waals surface area contributed by atoms with Gasteiger partial charge in [-0.1, -0.05) is 72.3 Å². The molecule has 1 aliphatic carbocycles. The maximum atomic E-state index is 5.18. The minimum Gasteiger partial charge on any atom is -0.304 e. The molecule has 0 spiro atoms. The average Bonchev–Trinajstić information content (AvgIpc) is 3.47. The number of rotatable bonds is 4. The first-order chi connectivity index (χ1) is 23.3. The second-order valence-electron chi connectivity index (χ2n) is 11.3. The first-order valence-electron chi connectivity index (χ1n) is 15.6. The molecule has 0 saturated heterocycles. The number of aromatic nitrogens is 3. The number of pyridine rings is 3. The van der Waals surface area contributed by atoms with Crippen molar-refractivity contribution in [2.75, 3.05) is 0 Å². The molecular formula is C44H28IrN3. The van der Waals surface area contributed by atoms with Crippen molar-refractivity contribution in [1.82, 2.24) is 15.0 Å². The van der Waals surface area contributed by atoms with E-state index in [1.807, 2.05) is 109 Å². The van der Waals surface area contributed by atoms with Gasteiger partial charge in [0.05, 0.1) is 11.1 Å². The molecule has 5 aromatic carbocycles. The summed E-state index contributed by atoms with van der Waals surface area (Å²) in [7, 11) is 0. The fourth-order valence-corrected chi connectivity index (χ4v) is 6.62. The number of hydrogen-bond acceptors (Lipinski definition) is 3. The van der Waals surface area contributed by atoms with Crippen molar-refractivity contribution >= 4 is 10.8 Å². The third kappa shape index (κ3) is 5.46. The van der Waals surface area contributed by atoms with Gasteiger partial charge in [0.25, 0.3) is 0 Å². The molecule has 0 N–H and O–H groups in total. The molecule has 3 nitrogen and oxygen atoms in total. The van der Waals surface area contributed by atoms with Gasteiger partial charge >= 0.3 is 20.1 Å². The Morgan fingerprint density at radius 1 is 0.479 bits per heavy atom. The summed E-state index contributed by atoms with van der Waals surface area (Å²) < 4.78 is 0. The maximum Gasteiger partial charge on any atom is 3.00 e. The van der Waals surface area contributed by atoms with Gasteiger partial charge in [0, 0.05) is 18.1 Å². The molecule has 0 amide bonds. The van der Waals surface area contributed by atoms with E-state index in [-0.39, 0.29) is 20.1 Å². The van der Waals surface area contributed by atoms with E-state index in [1.54, 1.807) is 0 Å². The molecule has 3 heterocycles. The maximum absolute atomic E-state index is 5.18. The monoisotopic (exact) mass is 791 g/mol. The zero-order chi connectivity index (χ0) is 31.5. The third-order valence-electron chi connectivity index (χ3n) is 8.66. The van der Waals surface area contributed by atoms with Gasteiger partial charge in [0.15, 0.2) is 0 Å². The van der Waals surface area contributed by atoms with Crippen LogP contribution in [0.4, 0.5) is 0 Å². The first kappa shape index (κ1) is 31.1. The van der Waals surface area contributed by atoms with E-state index in [4.69, 9.17) is 9.97 Å². The van der Waals surface area contributed by atoms with Crippen LogP contribution in [0.1, 0.15) is 22.5 Å². The molecule has 4 heteroatoms. The van der Waals surface area contributed by atoms with Crippen LogP contribution in [0.2, 0.25) is 0 Å². The van der Waals surface area contributed by atoms with Gasteiger partial charge in [0.1, 0.15) is 0 Å². The van der Waals surface area contributed by atoms with Crippen LogP contribution in [-0.2, 0) is 25.5 Å². The van der Waals surface area contributed by atoms with Gasteiger partial charge in [-0.3, -0.25) is 9.97 Å². The van der Waals surface area contributed by atoms with Crippen molar-refractivity contribution in [3.8, 4) is 33.6 Å². The largest absolute Gasteiger partial charge is 3.00 e. The van der Waals surface area contributed by atoms with Crippen molar-refractivity contribution in [3.05, 3.63) is 211 Å². The number of hydrogen-bond donors (Lipinski definition) is 0. The Bertz CT molecular complexity index is 2250. The Kier molecular flexibility index (Phi) is 8.85. The third-order valence-corrected chi connectivity index (χ3v) is 8.66. The number of benzene rings is 5. The zero-order valence-corrected chi connectivity index (χ0v) is 28.2. The minimum absolute atomic E-state index is 0.